The summed E-state index contributed by atoms with van der Waals surface area (Å²) in [6.45, 7) is 11.3. The third-order valence-corrected chi connectivity index (χ3v) is 5.51. The van der Waals surface area contributed by atoms with Gasteiger partial charge < -0.3 is 9.80 Å². The Morgan fingerprint density at radius 1 is 0.960 bits per heavy atom. The minimum Gasteiger partial charge on any atom is -0.368 e. The van der Waals surface area contributed by atoms with E-state index in [-0.39, 0.29) is 5.91 Å². The fraction of sp³-hybridized carbons (Fsp3) is 0.632. The van der Waals surface area contributed by atoms with Crippen LogP contribution < -0.4 is 4.90 Å². The van der Waals surface area contributed by atoms with E-state index < -0.39 is 0 Å². The second kappa shape index (κ2) is 8.88. The van der Waals surface area contributed by atoms with Crippen molar-refractivity contribution in [2.45, 2.75) is 13.3 Å². The van der Waals surface area contributed by atoms with Crippen LogP contribution in [-0.4, -0.2) is 86.1 Å². The predicted octanol–water partition coefficient (Wildman–Crippen LogP) is 2.02. The molecular formula is C19H29ClN4O. The first-order valence-electron chi connectivity index (χ1n) is 9.39. The van der Waals surface area contributed by atoms with E-state index in [0.29, 0.717) is 6.54 Å². The number of halogens is 1. The lowest BCUT2D eigenvalue weighted by molar-refractivity contribution is -0.134. The van der Waals surface area contributed by atoms with Gasteiger partial charge in [0.15, 0.2) is 0 Å². The number of carbonyl (C=O) groups is 1. The van der Waals surface area contributed by atoms with E-state index >= 15 is 0 Å². The van der Waals surface area contributed by atoms with Crippen LogP contribution in [-0.2, 0) is 4.79 Å². The number of nitrogens with zero attached hydrogens (tertiary/aromatic N) is 4. The molecule has 2 heterocycles. The van der Waals surface area contributed by atoms with Crippen molar-refractivity contribution in [2.24, 2.45) is 0 Å². The van der Waals surface area contributed by atoms with Crippen molar-refractivity contribution in [3.8, 4) is 0 Å². The van der Waals surface area contributed by atoms with E-state index in [2.05, 4.69) is 27.7 Å². The second-order valence-electron chi connectivity index (χ2n) is 6.94. The Labute approximate surface area is 156 Å². The van der Waals surface area contributed by atoms with Crippen molar-refractivity contribution in [2.75, 3.05) is 70.3 Å². The standard InChI is InChI=1S/C19H29ClN4O/c1-2-7-21-8-14-24(15-9-21)19(25)16-22-10-12-23(13-11-22)18-6-4-3-5-17(18)20/h3-6H,2,7-16H2,1H3. The van der Waals surface area contributed by atoms with Gasteiger partial charge in [0.1, 0.15) is 0 Å². The maximum absolute atomic E-state index is 12.6. The molecule has 0 bridgehead atoms. The average molecular weight is 365 g/mol. The molecule has 2 saturated heterocycles. The number of anilines is 1. The van der Waals surface area contributed by atoms with Crippen LogP contribution in [0.15, 0.2) is 24.3 Å². The van der Waals surface area contributed by atoms with Crippen LogP contribution in [0.5, 0.6) is 0 Å². The Bertz CT molecular complexity index is 566. The summed E-state index contributed by atoms with van der Waals surface area (Å²) in [6, 6.07) is 7.99. The Kier molecular flexibility index (Phi) is 6.57. The van der Waals surface area contributed by atoms with Crippen LogP contribution in [0.1, 0.15) is 13.3 Å². The van der Waals surface area contributed by atoms with Gasteiger partial charge >= 0.3 is 0 Å². The first-order chi connectivity index (χ1) is 12.2. The summed E-state index contributed by atoms with van der Waals surface area (Å²) < 4.78 is 0. The van der Waals surface area contributed by atoms with E-state index in [9.17, 15) is 4.79 Å². The van der Waals surface area contributed by atoms with Gasteiger partial charge in [0, 0.05) is 52.4 Å². The van der Waals surface area contributed by atoms with E-state index in [1.165, 1.54) is 6.42 Å². The molecule has 25 heavy (non-hydrogen) atoms. The Balaban J connectivity index is 1.43. The Hall–Kier alpha value is -1.30. The molecule has 0 saturated carbocycles. The number of carbonyl (C=O) groups excluding carboxylic acids is 1. The number of amides is 1. The summed E-state index contributed by atoms with van der Waals surface area (Å²) in [7, 11) is 0. The largest absolute Gasteiger partial charge is 0.368 e. The second-order valence-corrected chi connectivity index (χ2v) is 7.34. The lowest BCUT2D eigenvalue weighted by Gasteiger charge is -2.38. The summed E-state index contributed by atoms with van der Waals surface area (Å²) in [5.41, 5.74) is 1.10. The van der Waals surface area contributed by atoms with Crippen molar-refractivity contribution in [3.63, 3.8) is 0 Å². The Morgan fingerprint density at radius 2 is 1.60 bits per heavy atom. The zero-order chi connectivity index (χ0) is 17.6. The number of hydrogen-bond acceptors (Lipinski definition) is 4. The average Bonchev–Trinajstić information content (AvgIpc) is 2.64. The highest BCUT2D eigenvalue weighted by molar-refractivity contribution is 6.33. The fourth-order valence-corrected chi connectivity index (χ4v) is 3.94. The van der Waals surface area contributed by atoms with Gasteiger partial charge in [0.05, 0.1) is 17.3 Å². The first-order valence-corrected chi connectivity index (χ1v) is 9.77. The summed E-state index contributed by atoms with van der Waals surface area (Å²) in [5, 5.41) is 0.803. The molecule has 1 aromatic carbocycles. The molecule has 0 aromatic heterocycles. The smallest absolute Gasteiger partial charge is 0.236 e. The summed E-state index contributed by atoms with van der Waals surface area (Å²) in [6.07, 6.45) is 1.18. The van der Waals surface area contributed by atoms with Gasteiger partial charge in [-0.2, -0.15) is 0 Å². The van der Waals surface area contributed by atoms with Crippen LogP contribution in [0.4, 0.5) is 5.69 Å². The molecule has 2 aliphatic rings. The molecule has 0 N–H and O–H groups in total. The molecule has 138 valence electrons. The molecule has 5 nitrogen and oxygen atoms in total. The highest BCUT2D eigenvalue weighted by Gasteiger charge is 2.24. The fourth-order valence-electron chi connectivity index (χ4n) is 3.68. The summed E-state index contributed by atoms with van der Waals surface area (Å²) in [5.74, 6) is 0.280. The van der Waals surface area contributed by atoms with Crippen molar-refractivity contribution >= 4 is 23.2 Å². The maximum atomic E-state index is 12.6. The summed E-state index contributed by atoms with van der Waals surface area (Å²) in [4.78, 5) is 21.6. The molecule has 0 spiro atoms. The first kappa shape index (κ1) is 18.5. The normalized spacial score (nSPS) is 20.1. The number of para-hydroxylation sites is 1. The number of rotatable bonds is 5. The van der Waals surface area contributed by atoms with Crippen LogP contribution >= 0.6 is 11.6 Å². The van der Waals surface area contributed by atoms with Crippen molar-refractivity contribution in [1.29, 1.82) is 0 Å². The maximum Gasteiger partial charge on any atom is 0.236 e. The SMILES string of the molecule is CCCN1CCN(C(=O)CN2CCN(c3ccccc3Cl)CC2)CC1. The topological polar surface area (TPSA) is 30.0 Å². The molecule has 0 unspecified atom stereocenters. The molecule has 1 amide bonds. The van der Waals surface area contributed by atoms with Crippen LogP contribution in [0.3, 0.4) is 0 Å². The highest BCUT2D eigenvalue weighted by atomic mass is 35.5. The number of piperazine rings is 2. The van der Waals surface area contributed by atoms with Crippen molar-refractivity contribution in [3.05, 3.63) is 29.3 Å². The van der Waals surface area contributed by atoms with Gasteiger partial charge in [-0.1, -0.05) is 30.7 Å². The van der Waals surface area contributed by atoms with Gasteiger partial charge in [-0.3, -0.25) is 14.6 Å². The monoisotopic (exact) mass is 364 g/mol. The van der Waals surface area contributed by atoms with E-state index in [0.717, 1.165) is 69.6 Å². The molecule has 6 heteroatoms. The lowest BCUT2D eigenvalue weighted by atomic mass is 10.2. The Morgan fingerprint density at radius 3 is 2.24 bits per heavy atom. The highest BCUT2D eigenvalue weighted by Crippen LogP contribution is 2.25. The number of benzene rings is 1. The molecule has 0 radical (unpaired) electrons. The molecule has 1 aromatic rings. The van der Waals surface area contributed by atoms with E-state index in [1.54, 1.807) is 0 Å². The van der Waals surface area contributed by atoms with Gasteiger partial charge in [0.25, 0.3) is 0 Å². The summed E-state index contributed by atoms with van der Waals surface area (Å²) >= 11 is 6.29. The third-order valence-electron chi connectivity index (χ3n) is 5.19. The van der Waals surface area contributed by atoms with Gasteiger partial charge in [-0.25, -0.2) is 0 Å². The zero-order valence-corrected chi connectivity index (χ0v) is 15.9. The predicted molar refractivity (Wildman–Crippen MR) is 103 cm³/mol. The zero-order valence-electron chi connectivity index (χ0n) is 15.2. The molecule has 2 aliphatic heterocycles. The van der Waals surface area contributed by atoms with E-state index in [4.69, 9.17) is 11.6 Å². The van der Waals surface area contributed by atoms with Crippen LogP contribution in [0.25, 0.3) is 0 Å². The van der Waals surface area contributed by atoms with Crippen molar-refractivity contribution < 1.29 is 4.79 Å². The van der Waals surface area contributed by atoms with Crippen LogP contribution in [0.2, 0.25) is 5.02 Å². The van der Waals surface area contributed by atoms with E-state index in [1.807, 2.05) is 23.1 Å². The molecule has 3 rings (SSSR count). The molecular weight excluding hydrogens is 336 g/mol. The van der Waals surface area contributed by atoms with Crippen molar-refractivity contribution in [1.82, 2.24) is 14.7 Å². The minimum atomic E-state index is 0.280. The quantitative estimate of drug-likeness (QED) is 0.799. The molecule has 2 fully saturated rings. The molecule has 0 aliphatic carbocycles. The molecule has 0 atom stereocenters. The van der Waals surface area contributed by atoms with Gasteiger partial charge in [0.2, 0.25) is 5.91 Å². The lowest BCUT2D eigenvalue weighted by Crippen LogP contribution is -2.53. The number of hydrogen-bond donors (Lipinski definition) is 0. The minimum absolute atomic E-state index is 0.280. The van der Waals surface area contributed by atoms with Gasteiger partial charge in [-0.15, -0.1) is 0 Å². The van der Waals surface area contributed by atoms with Crippen LogP contribution in [0, 0.1) is 0 Å². The third kappa shape index (κ3) is 4.87. The van der Waals surface area contributed by atoms with Gasteiger partial charge in [-0.05, 0) is 25.1 Å².